The van der Waals surface area contributed by atoms with Gasteiger partial charge in [-0.2, -0.15) is 0 Å². The lowest BCUT2D eigenvalue weighted by Gasteiger charge is -2.10. The van der Waals surface area contributed by atoms with E-state index in [0.29, 0.717) is 0 Å². The van der Waals surface area contributed by atoms with Crippen LogP contribution in [-0.2, 0) is 0 Å². The Kier molecular flexibility index (Phi) is 3.91. The number of hydrogen-bond donors (Lipinski definition) is 1. The van der Waals surface area contributed by atoms with Gasteiger partial charge >= 0.3 is 0 Å². The minimum atomic E-state index is 0.944. The molecule has 2 heterocycles. The van der Waals surface area contributed by atoms with Gasteiger partial charge in [0, 0.05) is 11.4 Å². The van der Waals surface area contributed by atoms with Gasteiger partial charge in [-0.25, -0.2) is 9.97 Å². The molecule has 0 spiro atoms. The van der Waals surface area contributed by atoms with Crippen molar-refractivity contribution >= 4 is 27.4 Å². The summed E-state index contributed by atoms with van der Waals surface area (Å²) in [7, 11) is 4.18. The number of rotatable bonds is 5. The molecule has 0 fully saturated rings. The minimum absolute atomic E-state index is 0.944. The van der Waals surface area contributed by atoms with Crippen molar-refractivity contribution < 1.29 is 0 Å². The van der Waals surface area contributed by atoms with Crippen LogP contribution in [0.15, 0.2) is 12.4 Å². The van der Waals surface area contributed by atoms with E-state index in [4.69, 9.17) is 0 Å². The second-order valence-electron chi connectivity index (χ2n) is 4.38. The van der Waals surface area contributed by atoms with E-state index in [-0.39, 0.29) is 0 Å². The van der Waals surface area contributed by atoms with E-state index >= 15 is 0 Å². The zero-order valence-corrected chi connectivity index (χ0v) is 11.3. The van der Waals surface area contributed by atoms with E-state index in [0.717, 1.165) is 35.5 Å². The zero-order valence-electron chi connectivity index (χ0n) is 10.5. The lowest BCUT2D eigenvalue weighted by molar-refractivity contribution is 0.405. The largest absolute Gasteiger partial charge is 0.369 e. The normalized spacial score (nSPS) is 11.3. The third-order valence-corrected chi connectivity index (χ3v) is 3.49. The first-order valence-electron chi connectivity index (χ1n) is 5.76. The fraction of sp³-hybridized carbons (Fsp3) is 0.500. The fourth-order valence-corrected chi connectivity index (χ4v) is 2.57. The maximum absolute atomic E-state index is 4.31. The van der Waals surface area contributed by atoms with Crippen LogP contribution in [0.4, 0.5) is 5.82 Å². The minimum Gasteiger partial charge on any atom is -0.369 e. The van der Waals surface area contributed by atoms with Crippen LogP contribution < -0.4 is 5.32 Å². The van der Waals surface area contributed by atoms with Gasteiger partial charge in [0.25, 0.3) is 0 Å². The first-order valence-corrected chi connectivity index (χ1v) is 6.58. The first-order chi connectivity index (χ1) is 8.16. The molecule has 92 valence electrons. The van der Waals surface area contributed by atoms with Crippen molar-refractivity contribution in [2.24, 2.45) is 0 Å². The molecule has 1 N–H and O–H groups in total. The molecule has 4 nitrogen and oxygen atoms in total. The molecular weight excluding hydrogens is 232 g/mol. The number of nitrogens with one attached hydrogen (secondary N) is 1. The van der Waals surface area contributed by atoms with Crippen molar-refractivity contribution in [2.45, 2.75) is 13.3 Å². The summed E-state index contributed by atoms with van der Waals surface area (Å²) >= 11 is 1.71. The van der Waals surface area contributed by atoms with Crippen LogP contribution in [0, 0.1) is 6.92 Å². The fourth-order valence-electron chi connectivity index (χ4n) is 1.72. The highest BCUT2D eigenvalue weighted by atomic mass is 32.1. The number of aryl methyl sites for hydroxylation is 1. The smallest absolute Gasteiger partial charge is 0.138 e. The molecule has 0 aliphatic rings. The SMILES string of the molecule is Cc1cc2c(NCCCN(C)C)ncnc2s1. The van der Waals surface area contributed by atoms with E-state index in [1.165, 1.54) is 4.88 Å². The van der Waals surface area contributed by atoms with E-state index in [1.54, 1.807) is 17.7 Å². The molecule has 2 rings (SSSR count). The summed E-state index contributed by atoms with van der Waals surface area (Å²) in [5.74, 6) is 0.957. The molecule has 0 saturated carbocycles. The van der Waals surface area contributed by atoms with E-state index in [1.807, 2.05) is 0 Å². The van der Waals surface area contributed by atoms with Crippen molar-refractivity contribution in [3.63, 3.8) is 0 Å². The monoisotopic (exact) mass is 250 g/mol. The molecule has 0 unspecified atom stereocenters. The topological polar surface area (TPSA) is 41.0 Å². The number of anilines is 1. The van der Waals surface area contributed by atoms with Gasteiger partial charge in [-0.3, -0.25) is 0 Å². The average Bonchev–Trinajstić information content (AvgIpc) is 2.65. The van der Waals surface area contributed by atoms with Crippen LogP contribution in [0.2, 0.25) is 0 Å². The van der Waals surface area contributed by atoms with Gasteiger partial charge in [-0.05, 0) is 40.1 Å². The Balaban J connectivity index is 2.03. The van der Waals surface area contributed by atoms with E-state index < -0.39 is 0 Å². The quantitative estimate of drug-likeness (QED) is 0.827. The van der Waals surface area contributed by atoms with Gasteiger partial charge < -0.3 is 10.2 Å². The van der Waals surface area contributed by atoms with Gasteiger partial charge in [0.15, 0.2) is 0 Å². The Morgan fingerprint density at radius 1 is 1.35 bits per heavy atom. The summed E-state index contributed by atoms with van der Waals surface area (Å²) in [6.07, 6.45) is 2.74. The summed E-state index contributed by atoms with van der Waals surface area (Å²) in [5.41, 5.74) is 0. The van der Waals surface area contributed by atoms with Crippen molar-refractivity contribution in [1.82, 2.24) is 14.9 Å². The van der Waals surface area contributed by atoms with E-state index in [2.05, 4.69) is 47.3 Å². The summed E-state index contributed by atoms with van der Waals surface area (Å²) < 4.78 is 0. The summed E-state index contributed by atoms with van der Waals surface area (Å²) in [4.78, 5) is 13.1. The molecule has 2 aromatic rings. The molecule has 0 aliphatic heterocycles. The lowest BCUT2D eigenvalue weighted by Crippen LogP contribution is -2.16. The number of thiophene rings is 1. The predicted octanol–water partition coefficient (Wildman–Crippen LogP) is 2.36. The predicted molar refractivity (Wildman–Crippen MR) is 73.8 cm³/mol. The number of hydrogen-bond acceptors (Lipinski definition) is 5. The molecule has 2 aromatic heterocycles. The van der Waals surface area contributed by atoms with Gasteiger partial charge in [0.1, 0.15) is 17.0 Å². The first kappa shape index (κ1) is 12.3. The Morgan fingerprint density at radius 3 is 2.94 bits per heavy atom. The molecule has 0 aliphatic carbocycles. The molecule has 0 aromatic carbocycles. The second-order valence-corrected chi connectivity index (χ2v) is 5.62. The standard InChI is InChI=1S/C12H18N4S/c1-9-7-10-11(13-5-4-6-16(2)3)14-8-15-12(10)17-9/h7-8H,4-6H2,1-3H3,(H,13,14,15). The third-order valence-electron chi connectivity index (χ3n) is 2.53. The molecule has 0 atom stereocenters. The second kappa shape index (κ2) is 5.42. The van der Waals surface area contributed by atoms with Gasteiger partial charge in [-0.15, -0.1) is 11.3 Å². The van der Waals surface area contributed by atoms with Crippen LogP contribution >= 0.6 is 11.3 Å². The summed E-state index contributed by atoms with van der Waals surface area (Å²) in [6, 6.07) is 2.15. The third kappa shape index (κ3) is 3.14. The van der Waals surface area contributed by atoms with Gasteiger partial charge in [0.2, 0.25) is 0 Å². The molecule has 17 heavy (non-hydrogen) atoms. The Labute approximate surface area is 106 Å². The number of aromatic nitrogens is 2. The number of fused-ring (bicyclic) bond motifs is 1. The van der Waals surface area contributed by atoms with Crippen LogP contribution in [0.3, 0.4) is 0 Å². The summed E-state index contributed by atoms with van der Waals surface area (Å²) in [6.45, 7) is 4.13. The van der Waals surface area contributed by atoms with Crippen LogP contribution in [0.1, 0.15) is 11.3 Å². The summed E-state index contributed by atoms with van der Waals surface area (Å²) in [5, 5.41) is 4.52. The Morgan fingerprint density at radius 2 is 2.18 bits per heavy atom. The van der Waals surface area contributed by atoms with Crippen molar-refractivity contribution in [3.8, 4) is 0 Å². The van der Waals surface area contributed by atoms with Crippen LogP contribution in [0.5, 0.6) is 0 Å². The average molecular weight is 250 g/mol. The molecule has 0 radical (unpaired) electrons. The Bertz CT molecular complexity index is 492. The van der Waals surface area contributed by atoms with Crippen LogP contribution in [0.25, 0.3) is 10.2 Å². The molecule has 0 bridgehead atoms. The number of nitrogens with zero attached hydrogens (tertiary/aromatic N) is 3. The van der Waals surface area contributed by atoms with Crippen molar-refractivity contribution in [2.75, 3.05) is 32.5 Å². The highest BCUT2D eigenvalue weighted by molar-refractivity contribution is 7.18. The maximum Gasteiger partial charge on any atom is 0.138 e. The van der Waals surface area contributed by atoms with Gasteiger partial charge in [-0.1, -0.05) is 0 Å². The molecule has 5 heteroatoms. The highest BCUT2D eigenvalue weighted by Crippen LogP contribution is 2.27. The van der Waals surface area contributed by atoms with Crippen molar-refractivity contribution in [3.05, 3.63) is 17.3 Å². The highest BCUT2D eigenvalue weighted by Gasteiger charge is 2.05. The van der Waals surface area contributed by atoms with Crippen LogP contribution in [-0.4, -0.2) is 42.1 Å². The molecule has 0 amide bonds. The van der Waals surface area contributed by atoms with E-state index in [9.17, 15) is 0 Å². The maximum atomic E-state index is 4.31. The van der Waals surface area contributed by atoms with Gasteiger partial charge in [0.05, 0.1) is 5.39 Å². The van der Waals surface area contributed by atoms with Crippen molar-refractivity contribution in [1.29, 1.82) is 0 Å². The zero-order chi connectivity index (χ0) is 12.3. The molecule has 0 saturated heterocycles. The molecular formula is C12H18N4S. The lowest BCUT2D eigenvalue weighted by atomic mass is 10.3. The Hall–Kier alpha value is -1.20.